The molecule has 5 heteroatoms. The Bertz CT molecular complexity index is 172. The van der Waals surface area contributed by atoms with Crippen molar-refractivity contribution < 1.29 is 12.6 Å². The monoisotopic (exact) mass is 168 g/mol. The van der Waals surface area contributed by atoms with Crippen molar-refractivity contribution in [2.75, 3.05) is 24.9 Å². The van der Waals surface area contributed by atoms with Gasteiger partial charge in [0.15, 0.2) is 0 Å². The number of hydrogen-bond acceptors (Lipinski definition) is 3. The molecule has 9 heavy (non-hydrogen) atoms. The van der Waals surface area contributed by atoms with Crippen LogP contribution < -0.4 is 0 Å². The minimum atomic E-state index is -3.10. The van der Waals surface area contributed by atoms with Crippen LogP contribution in [-0.4, -0.2) is 33.3 Å². The highest BCUT2D eigenvalue weighted by atomic mass is 32.2. The Morgan fingerprint density at radius 3 is 2.56 bits per heavy atom. The van der Waals surface area contributed by atoms with Crippen LogP contribution in [0.5, 0.6) is 0 Å². The highest BCUT2D eigenvalue weighted by Gasteiger charge is 2.20. The third-order valence-electron chi connectivity index (χ3n) is 1.18. The zero-order valence-electron chi connectivity index (χ0n) is 5.20. The van der Waals surface area contributed by atoms with E-state index in [4.69, 9.17) is 0 Å². The van der Waals surface area contributed by atoms with E-state index in [1.54, 1.807) is 0 Å². The molecular formula is C4H9O3PS. The third-order valence-corrected chi connectivity index (χ3v) is 4.39. The SMILES string of the molecule is CP1CCS(=O)(=O)OC1. The van der Waals surface area contributed by atoms with Crippen molar-refractivity contribution >= 4 is 18.0 Å². The minimum Gasteiger partial charge on any atom is -0.265 e. The Kier molecular flexibility index (Phi) is 2.09. The maximum Gasteiger partial charge on any atom is 0.267 e. The average molecular weight is 168 g/mol. The van der Waals surface area contributed by atoms with Gasteiger partial charge in [0.05, 0.1) is 12.1 Å². The van der Waals surface area contributed by atoms with Crippen molar-refractivity contribution in [2.45, 2.75) is 0 Å². The van der Waals surface area contributed by atoms with Gasteiger partial charge >= 0.3 is 0 Å². The summed E-state index contributed by atoms with van der Waals surface area (Å²) in [6, 6.07) is 0. The molecule has 1 rings (SSSR count). The van der Waals surface area contributed by atoms with Crippen LogP contribution in [-0.2, 0) is 14.3 Å². The summed E-state index contributed by atoms with van der Waals surface area (Å²) in [4.78, 5) is 0. The summed E-state index contributed by atoms with van der Waals surface area (Å²) < 4.78 is 25.7. The fraction of sp³-hybridized carbons (Fsp3) is 1.00. The van der Waals surface area contributed by atoms with Gasteiger partial charge < -0.3 is 0 Å². The lowest BCUT2D eigenvalue weighted by molar-refractivity contribution is 0.374. The molecule has 0 spiro atoms. The lowest BCUT2D eigenvalue weighted by atomic mass is 11.0. The molecule has 0 aromatic rings. The van der Waals surface area contributed by atoms with Crippen molar-refractivity contribution in [2.24, 2.45) is 0 Å². The number of rotatable bonds is 0. The van der Waals surface area contributed by atoms with Gasteiger partial charge in [-0.15, -0.1) is 0 Å². The molecule has 1 atom stereocenters. The normalized spacial score (nSPS) is 34.1. The van der Waals surface area contributed by atoms with E-state index in [1.165, 1.54) is 0 Å². The van der Waals surface area contributed by atoms with Crippen molar-refractivity contribution in [3.05, 3.63) is 0 Å². The van der Waals surface area contributed by atoms with Crippen LogP contribution in [0, 0.1) is 0 Å². The summed E-state index contributed by atoms with van der Waals surface area (Å²) in [5.41, 5.74) is 0. The summed E-state index contributed by atoms with van der Waals surface area (Å²) in [6.45, 7) is 2.05. The summed E-state index contributed by atoms with van der Waals surface area (Å²) >= 11 is 0. The zero-order chi connectivity index (χ0) is 6.91. The first kappa shape index (κ1) is 7.45. The van der Waals surface area contributed by atoms with E-state index in [0.717, 1.165) is 6.16 Å². The third kappa shape index (κ3) is 2.20. The molecule has 1 fully saturated rings. The lowest BCUT2D eigenvalue weighted by Crippen LogP contribution is -2.19. The van der Waals surface area contributed by atoms with Crippen molar-refractivity contribution in [3.8, 4) is 0 Å². The van der Waals surface area contributed by atoms with Gasteiger partial charge in [0.1, 0.15) is 0 Å². The maximum absolute atomic E-state index is 10.6. The lowest BCUT2D eigenvalue weighted by Gasteiger charge is -2.17. The fourth-order valence-corrected chi connectivity index (χ4v) is 4.31. The van der Waals surface area contributed by atoms with E-state index in [9.17, 15) is 8.42 Å². The fourth-order valence-electron chi connectivity index (χ4n) is 0.561. The van der Waals surface area contributed by atoms with Gasteiger partial charge in [0.2, 0.25) is 0 Å². The molecule has 1 aliphatic rings. The quantitative estimate of drug-likeness (QED) is 0.389. The second-order valence-electron chi connectivity index (χ2n) is 2.09. The van der Waals surface area contributed by atoms with Crippen LogP contribution in [0.15, 0.2) is 0 Å². The van der Waals surface area contributed by atoms with Crippen LogP contribution in [0.4, 0.5) is 0 Å². The Morgan fingerprint density at radius 1 is 1.56 bits per heavy atom. The summed E-state index contributed by atoms with van der Waals surface area (Å²) in [5.74, 6) is 0.217. The molecule has 3 nitrogen and oxygen atoms in total. The highest BCUT2D eigenvalue weighted by Crippen LogP contribution is 2.34. The molecule has 0 aliphatic carbocycles. The van der Waals surface area contributed by atoms with Gasteiger partial charge in [0, 0.05) is 0 Å². The molecule has 0 aromatic heterocycles. The van der Waals surface area contributed by atoms with Gasteiger partial charge in [-0.1, -0.05) is 7.92 Å². The van der Waals surface area contributed by atoms with E-state index in [-0.39, 0.29) is 13.7 Å². The Morgan fingerprint density at radius 2 is 2.22 bits per heavy atom. The second kappa shape index (κ2) is 2.52. The first-order valence-electron chi connectivity index (χ1n) is 2.66. The smallest absolute Gasteiger partial charge is 0.265 e. The zero-order valence-corrected chi connectivity index (χ0v) is 6.91. The van der Waals surface area contributed by atoms with E-state index >= 15 is 0 Å². The van der Waals surface area contributed by atoms with Gasteiger partial charge in [0.25, 0.3) is 10.1 Å². The Balaban J connectivity index is 2.55. The predicted octanol–water partition coefficient (Wildman–Crippen LogP) is 0.416. The topological polar surface area (TPSA) is 43.4 Å². The molecule has 54 valence electrons. The van der Waals surface area contributed by atoms with Crippen molar-refractivity contribution in [1.29, 1.82) is 0 Å². The molecule has 1 saturated heterocycles. The van der Waals surface area contributed by atoms with E-state index < -0.39 is 10.1 Å². The first-order chi connectivity index (χ1) is 4.10. The largest absolute Gasteiger partial charge is 0.267 e. The van der Waals surface area contributed by atoms with Gasteiger partial charge in [-0.05, 0) is 12.8 Å². The molecule has 0 saturated carbocycles. The molecule has 0 radical (unpaired) electrons. The van der Waals surface area contributed by atoms with E-state index in [1.807, 2.05) is 6.66 Å². The molecule has 1 heterocycles. The van der Waals surface area contributed by atoms with Crippen LogP contribution in [0.25, 0.3) is 0 Å². The van der Waals surface area contributed by atoms with Crippen LogP contribution in [0.1, 0.15) is 0 Å². The highest BCUT2D eigenvalue weighted by molar-refractivity contribution is 7.88. The molecular weight excluding hydrogens is 159 g/mol. The van der Waals surface area contributed by atoms with Gasteiger partial charge in [-0.2, -0.15) is 8.42 Å². The maximum atomic E-state index is 10.6. The molecule has 0 N–H and O–H groups in total. The number of hydrogen-bond donors (Lipinski definition) is 0. The predicted molar refractivity (Wildman–Crippen MR) is 37.4 cm³/mol. The summed E-state index contributed by atoms with van der Waals surface area (Å²) in [5, 5.41) is 0. The van der Waals surface area contributed by atoms with Gasteiger partial charge in [-0.25, -0.2) is 0 Å². The molecule has 0 amide bonds. The molecule has 0 aromatic carbocycles. The molecule has 0 bridgehead atoms. The minimum absolute atomic E-state index is 0.151. The van der Waals surface area contributed by atoms with Crippen molar-refractivity contribution in [3.63, 3.8) is 0 Å². The van der Waals surface area contributed by atoms with Crippen LogP contribution in [0.2, 0.25) is 0 Å². The van der Waals surface area contributed by atoms with Crippen molar-refractivity contribution in [1.82, 2.24) is 0 Å². The van der Waals surface area contributed by atoms with E-state index in [2.05, 4.69) is 4.18 Å². The molecule has 1 unspecified atom stereocenters. The Hall–Kier alpha value is 0.340. The second-order valence-corrected chi connectivity index (χ2v) is 6.27. The van der Waals surface area contributed by atoms with Gasteiger partial charge in [-0.3, -0.25) is 4.18 Å². The van der Waals surface area contributed by atoms with Crippen LogP contribution in [0.3, 0.4) is 0 Å². The first-order valence-corrected chi connectivity index (χ1v) is 6.39. The van der Waals surface area contributed by atoms with Crippen LogP contribution >= 0.6 is 7.92 Å². The summed E-state index contributed by atoms with van der Waals surface area (Å²) in [7, 11) is -3.25. The summed E-state index contributed by atoms with van der Waals surface area (Å²) in [6.07, 6.45) is 1.23. The standard InChI is InChI=1S/C4H9O3PS/c1-8-2-3-9(5,6)7-4-8/h2-4H2,1H3. The van der Waals surface area contributed by atoms with E-state index in [0.29, 0.717) is 6.35 Å². The Labute approximate surface area is 56.3 Å². The average Bonchev–Trinajstić information content (AvgIpc) is 1.78. The molecule has 1 aliphatic heterocycles.